The Morgan fingerprint density at radius 1 is 1.15 bits per heavy atom. The first-order valence-corrected chi connectivity index (χ1v) is 9.26. The first kappa shape index (κ1) is 17.0. The number of urea groups is 1. The van der Waals surface area contributed by atoms with Crippen LogP contribution < -0.4 is 14.8 Å². The second-order valence-corrected chi connectivity index (χ2v) is 6.93. The minimum atomic E-state index is -0.0249. The van der Waals surface area contributed by atoms with Gasteiger partial charge in [-0.3, -0.25) is 0 Å². The lowest BCUT2D eigenvalue weighted by molar-refractivity contribution is 0.171. The van der Waals surface area contributed by atoms with E-state index in [9.17, 15) is 4.79 Å². The van der Waals surface area contributed by atoms with Crippen molar-refractivity contribution < 1.29 is 14.3 Å². The van der Waals surface area contributed by atoms with Crippen LogP contribution in [0.15, 0.2) is 36.4 Å². The van der Waals surface area contributed by atoms with Gasteiger partial charge in [-0.05, 0) is 41.7 Å². The van der Waals surface area contributed by atoms with Crippen LogP contribution in [0, 0.1) is 0 Å². The summed E-state index contributed by atoms with van der Waals surface area (Å²) in [6.07, 6.45) is 1.59. The molecule has 2 aliphatic heterocycles. The number of hydrogen-bond donors (Lipinski definition) is 1. The number of nitrogens with zero attached hydrogens (tertiary/aromatic N) is 1. The van der Waals surface area contributed by atoms with Gasteiger partial charge in [-0.15, -0.1) is 0 Å². The molecule has 0 fully saturated rings. The largest absolute Gasteiger partial charge is 0.486 e. The molecular weight excluding hydrogens is 352 g/mol. The third-order valence-electron chi connectivity index (χ3n) is 4.76. The van der Waals surface area contributed by atoms with Crippen LogP contribution in [0.25, 0.3) is 0 Å². The minimum Gasteiger partial charge on any atom is -0.486 e. The number of carbonyl (C=O) groups is 1. The summed E-state index contributed by atoms with van der Waals surface area (Å²) in [7, 11) is 0. The Morgan fingerprint density at radius 3 is 2.85 bits per heavy atom. The zero-order chi connectivity index (χ0) is 17.9. The summed E-state index contributed by atoms with van der Waals surface area (Å²) >= 11 is 6.26. The van der Waals surface area contributed by atoms with Crippen molar-refractivity contribution in [1.29, 1.82) is 0 Å². The number of rotatable bonds is 3. The number of nitrogens with one attached hydrogen (secondary N) is 1. The Morgan fingerprint density at radius 2 is 1.96 bits per heavy atom. The van der Waals surface area contributed by atoms with Crippen molar-refractivity contribution in [3.05, 3.63) is 58.1 Å². The first-order chi connectivity index (χ1) is 12.7. The normalized spacial score (nSPS) is 15.3. The highest BCUT2D eigenvalue weighted by Crippen LogP contribution is 2.38. The summed E-state index contributed by atoms with van der Waals surface area (Å²) in [5, 5.41) is 3.56. The van der Waals surface area contributed by atoms with Crippen molar-refractivity contribution in [3.8, 4) is 11.5 Å². The van der Waals surface area contributed by atoms with Crippen molar-refractivity contribution in [2.75, 3.05) is 26.3 Å². The molecule has 5 nitrogen and oxygen atoms in total. The number of carbonyl (C=O) groups excluding carboxylic acids is 1. The van der Waals surface area contributed by atoms with Gasteiger partial charge >= 0.3 is 6.03 Å². The fourth-order valence-corrected chi connectivity index (χ4v) is 3.69. The van der Waals surface area contributed by atoms with Gasteiger partial charge < -0.3 is 19.7 Å². The molecule has 0 saturated carbocycles. The molecule has 4 rings (SSSR count). The molecule has 2 aliphatic rings. The van der Waals surface area contributed by atoms with E-state index in [1.807, 2.05) is 29.2 Å². The number of benzene rings is 2. The second-order valence-electron chi connectivity index (χ2n) is 6.52. The van der Waals surface area contributed by atoms with Gasteiger partial charge in [0.15, 0.2) is 11.5 Å². The summed E-state index contributed by atoms with van der Waals surface area (Å²) in [6.45, 7) is 3.00. The van der Waals surface area contributed by atoms with E-state index >= 15 is 0 Å². The van der Waals surface area contributed by atoms with Crippen LogP contribution in [0.2, 0.25) is 5.02 Å². The molecule has 136 valence electrons. The molecular formula is C20H21ClN2O3. The van der Waals surface area contributed by atoms with Gasteiger partial charge in [-0.25, -0.2) is 4.79 Å². The van der Waals surface area contributed by atoms with Crippen LogP contribution in [0.1, 0.15) is 16.7 Å². The fourth-order valence-electron chi connectivity index (χ4n) is 3.40. The predicted octanol–water partition coefficient (Wildman–Crippen LogP) is 3.42. The predicted molar refractivity (Wildman–Crippen MR) is 100 cm³/mol. The average molecular weight is 373 g/mol. The Balaban J connectivity index is 1.32. The highest BCUT2D eigenvalue weighted by molar-refractivity contribution is 6.32. The van der Waals surface area contributed by atoms with Crippen molar-refractivity contribution in [2.45, 2.75) is 19.4 Å². The van der Waals surface area contributed by atoms with Crippen LogP contribution in [0.5, 0.6) is 11.5 Å². The molecule has 2 aromatic carbocycles. The van der Waals surface area contributed by atoms with Crippen molar-refractivity contribution in [1.82, 2.24) is 10.2 Å². The molecule has 2 heterocycles. The lowest BCUT2D eigenvalue weighted by Gasteiger charge is -2.29. The molecule has 0 unspecified atom stereocenters. The summed E-state index contributed by atoms with van der Waals surface area (Å²) in [5.74, 6) is 1.29. The van der Waals surface area contributed by atoms with E-state index in [4.69, 9.17) is 21.1 Å². The number of amides is 2. The van der Waals surface area contributed by atoms with Gasteiger partial charge in [0.1, 0.15) is 13.2 Å². The van der Waals surface area contributed by atoms with Crippen LogP contribution in [-0.2, 0) is 19.4 Å². The summed E-state index contributed by atoms with van der Waals surface area (Å²) < 4.78 is 11.1. The third-order valence-corrected chi connectivity index (χ3v) is 5.05. The van der Waals surface area contributed by atoms with Crippen molar-refractivity contribution >= 4 is 17.6 Å². The van der Waals surface area contributed by atoms with Crippen LogP contribution in [-0.4, -0.2) is 37.2 Å². The van der Waals surface area contributed by atoms with Crippen LogP contribution in [0.4, 0.5) is 4.79 Å². The van der Waals surface area contributed by atoms with Crippen LogP contribution >= 0.6 is 11.6 Å². The number of halogens is 1. The van der Waals surface area contributed by atoms with Gasteiger partial charge in [-0.1, -0.05) is 35.9 Å². The van der Waals surface area contributed by atoms with E-state index in [0.717, 1.165) is 18.5 Å². The average Bonchev–Trinajstić information content (AvgIpc) is 2.67. The molecule has 2 aromatic rings. The number of fused-ring (bicyclic) bond motifs is 2. The maximum Gasteiger partial charge on any atom is 0.317 e. The van der Waals surface area contributed by atoms with Gasteiger partial charge in [0, 0.05) is 19.6 Å². The van der Waals surface area contributed by atoms with Gasteiger partial charge in [0.05, 0.1) is 5.02 Å². The number of ether oxygens (including phenoxy) is 2. The van der Waals surface area contributed by atoms with E-state index in [0.29, 0.717) is 49.2 Å². The Labute approximate surface area is 157 Å². The Kier molecular flexibility index (Phi) is 4.89. The molecule has 2 amide bonds. The lowest BCUT2D eigenvalue weighted by Crippen LogP contribution is -2.43. The smallest absolute Gasteiger partial charge is 0.317 e. The van der Waals surface area contributed by atoms with Crippen molar-refractivity contribution in [2.24, 2.45) is 0 Å². The Hall–Kier alpha value is -2.40. The van der Waals surface area contributed by atoms with E-state index in [1.165, 1.54) is 11.1 Å². The van der Waals surface area contributed by atoms with Crippen molar-refractivity contribution in [3.63, 3.8) is 0 Å². The molecule has 0 spiro atoms. The minimum absolute atomic E-state index is 0.0249. The van der Waals surface area contributed by atoms with E-state index in [-0.39, 0.29) is 6.03 Å². The SMILES string of the molecule is O=C(NCCc1cc(Cl)c2c(c1)OCCO2)N1CCc2ccccc2C1. The fraction of sp³-hybridized carbons (Fsp3) is 0.350. The summed E-state index contributed by atoms with van der Waals surface area (Å²) in [4.78, 5) is 14.3. The first-order valence-electron chi connectivity index (χ1n) is 8.88. The highest BCUT2D eigenvalue weighted by Gasteiger charge is 2.20. The molecule has 0 atom stereocenters. The summed E-state index contributed by atoms with van der Waals surface area (Å²) in [6, 6.07) is 12.1. The van der Waals surface area contributed by atoms with E-state index in [1.54, 1.807) is 0 Å². The maximum atomic E-state index is 12.4. The maximum absolute atomic E-state index is 12.4. The zero-order valence-electron chi connectivity index (χ0n) is 14.5. The summed E-state index contributed by atoms with van der Waals surface area (Å²) in [5.41, 5.74) is 3.58. The topological polar surface area (TPSA) is 50.8 Å². The van der Waals surface area contributed by atoms with Gasteiger partial charge in [-0.2, -0.15) is 0 Å². The highest BCUT2D eigenvalue weighted by atomic mass is 35.5. The molecule has 0 saturated heterocycles. The van der Waals surface area contributed by atoms with Gasteiger partial charge in [0.2, 0.25) is 0 Å². The molecule has 0 aromatic heterocycles. The molecule has 0 aliphatic carbocycles. The second kappa shape index (κ2) is 7.46. The number of hydrogen-bond acceptors (Lipinski definition) is 3. The molecule has 6 heteroatoms. The van der Waals surface area contributed by atoms with E-state index in [2.05, 4.69) is 17.4 Å². The molecule has 0 radical (unpaired) electrons. The molecule has 0 bridgehead atoms. The molecule has 26 heavy (non-hydrogen) atoms. The lowest BCUT2D eigenvalue weighted by atomic mass is 10.0. The van der Waals surface area contributed by atoms with Crippen LogP contribution in [0.3, 0.4) is 0 Å². The zero-order valence-corrected chi connectivity index (χ0v) is 15.2. The quantitative estimate of drug-likeness (QED) is 0.898. The monoisotopic (exact) mass is 372 g/mol. The Bertz CT molecular complexity index is 825. The van der Waals surface area contributed by atoms with Gasteiger partial charge in [0.25, 0.3) is 0 Å². The third kappa shape index (κ3) is 3.58. The standard InChI is InChI=1S/C20H21ClN2O3/c21-17-11-14(12-18-19(17)26-10-9-25-18)5-7-22-20(24)23-8-6-15-3-1-2-4-16(15)13-23/h1-4,11-12H,5-10,13H2,(H,22,24). The molecule has 1 N–H and O–H groups in total. The van der Waals surface area contributed by atoms with E-state index < -0.39 is 0 Å².